The van der Waals surface area contributed by atoms with Gasteiger partial charge in [-0.05, 0) is 31.2 Å². The quantitative estimate of drug-likeness (QED) is 0.408. The number of nitro groups is 1. The van der Waals surface area contributed by atoms with Crippen LogP contribution in [0.2, 0.25) is 0 Å². The van der Waals surface area contributed by atoms with E-state index >= 15 is 0 Å². The zero-order chi connectivity index (χ0) is 22.1. The normalized spacial score (nSPS) is 17.9. The number of rotatable bonds is 5. The molecule has 0 saturated carbocycles. The maximum absolute atomic E-state index is 13.4. The van der Waals surface area contributed by atoms with Gasteiger partial charge in [-0.25, -0.2) is 13.2 Å². The molecule has 1 amide bonds. The molecule has 0 spiro atoms. The minimum atomic E-state index is -3.53. The van der Waals surface area contributed by atoms with Gasteiger partial charge < -0.3 is 15.0 Å². The van der Waals surface area contributed by atoms with Crippen molar-refractivity contribution in [1.82, 2.24) is 4.90 Å². The van der Waals surface area contributed by atoms with Crippen LogP contribution in [0.1, 0.15) is 6.92 Å². The number of hydrogen-bond donors (Lipinski definition) is 1. The van der Waals surface area contributed by atoms with E-state index in [1.165, 1.54) is 30.2 Å². The molecule has 0 bridgehead atoms. The van der Waals surface area contributed by atoms with Crippen LogP contribution in [0.25, 0.3) is 0 Å². The van der Waals surface area contributed by atoms with E-state index in [1.54, 1.807) is 0 Å². The molecule has 2 aliphatic heterocycles. The van der Waals surface area contributed by atoms with Crippen LogP contribution in [0.3, 0.4) is 0 Å². The molecule has 30 heavy (non-hydrogen) atoms. The van der Waals surface area contributed by atoms with E-state index in [0.717, 1.165) is 18.2 Å². The molecule has 2 aliphatic rings. The zero-order valence-corrected chi connectivity index (χ0v) is 16.3. The Labute approximate surface area is 169 Å². The van der Waals surface area contributed by atoms with Crippen molar-refractivity contribution >= 4 is 39.1 Å². The summed E-state index contributed by atoms with van der Waals surface area (Å²) in [5, 5.41) is 13.1. The smallest absolute Gasteiger partial charge is 0.340 e. The van der Waals surface area contributed by atoms with Crippen molar-refractivity contribution in [1.29, 1.82) is 0 Å². The van der Waals surface area contributed by atoms with Gasteiger partial charge in [-0.3, -0.25) is 14.9 Å². The number of carbonyl (C=O) groups excluding carboxylic acids is 2. The number of carbonyl (C=O) groups is 2. The molecule has 0 aliphatic carbocycles. The highest BCUT2D eigenvalue weighted by molar-refractivity contribution is 7.90. The third-order valence-corrected chi connectivity index (χ3v) is 5.29. The average molecular weight is 438 g/mol. The Morgan fingerprint density at radius 1 is 1.37 bits per heavy atom. The lowest BCUT2D eigenvalue weighted by Gasteiger charge is -2.27. The molecule has 0 aromatic heterocycles. The van der Waals surface area contributed by atoms with Crippen LogP contribution in [0.15, 0.2) is 46.5 Å². The van der Waals surface area contributed by atoms with E-state index in [1.807, 2.05) is 0 Å². The minimum absolute atomic E-state index is 0.0387. The minimum Gasteiger partial charge on any atom is -0.449 e. The highest BCUT2D eigenvalue weighted by Gasteiger charge is 2.27. The summed E-state index contributed by atoms with van der Waals surface area (Å²) in [6.07, 6.45) is 2.75. The first kappa shape index (κ1) is 21.1. The number of nitrogens with zero attached hydrogens (tertiary/aromatic N) is 3. The van der Waals surface area contributed by atoms with E-state index in [-0.39, 0.29) is 29.4 Å². The summed E-state index contributed by atoms with van der Waals surface area (Å²) in [5.74, 6) is -2.71. The van der Waals surface area contributed by atoms with Crippen molar-refractivity contribution in [2.75, 3.05) is 17.6 Å². The topological polar surface area (TPSA) is 148 Å². The first-order valence-corrected chi connectivity index (χ1v) is 10.1. The zero-order valence-electron chi connectivity index (χ0n) is 15.4. The van der Waals surface area contributed by atoms with Gasteiger partial charge in [0.2, 0.25) is 5.82 Å². The van der Waals surface area contributed by atoms with Crippen LogP contribution in [-0.2, 0) is 24.3 Å². The van der Waals surface area contributed by atoms with Crippen molar-refractivity contribution in [3.05, 3.63) is 58.1 Å². The number of fused-ring (bicyclic) bond motifs is 1. The molecule has 3 rings (SSSR count). The fourth-order valence-electron chi connectivity index (χ4n) is 2.58. The average Bonchev–Trinajstić information content (AvgIpc) is 2.68. The Balaban J connectivity index is 1.64. The lowest BCUT2D eigenvalue weighted by Crippen LogP contribution is -2.37. The number of nitrogens with one attached hydrogen (secondary N) is 1. The second-order valence-electron chi connectivity index (χ2n) is 6.31. The molecule has 1 unspecified atom stereocenters. The van der Waals surface area contributed by atoms with E-state index < -0.39 is 44.4 Å². The van der Waals surface area contributed by atoms with Gasteiger partial charge in [0.1, 0.15) is 5.84 Å². The van der Waals surface area contributed by atoms with Gasteiger partial charge in [0.25, 0.3) is 15.9 Å². The lowest BCUT2D eigenvalue weighted by molar-refractivity contribution is -0.387. The second kappa shape index (κ2) is 8.02. The summed E-state index contributed by atoms with van der Waals surface area (Å²) in [6.45, 7) is 1.40. The first-order chi connectivity index (χ1) is 14.1. The van der Waals surface area contributed by atoms with Gasteiger partial charge in [-0.2, -0.15) is 4.39 Å². The number of benzene rings is 1. The maximum Gasteiger partial charge on any atom is 0.340 e. The highest BCUT2D eigenvalue weighted by Crippen LogP contribution is 2.22. The molecule has 158 valence electrons. The first-order valence-electron chi connectivity index (χ1n) is 8.51. The number of sulfonamides is 1. The molecule has 0 radical (unpaired) electrons. The third kappa shape index (κ3) is 4.68. The fourth-order valence-corrected chi connectivity index (χ4v) is 3.55. The van der Waals surface area contributed by atoms with Crippen LogP contribution in [0, 0.1) is 15.9 Å². The van der Waals surface area contributed by atoms with Crippen molar-refractivity contribution < 1.29 is 32.1 Å². The summed E-state index contributed by atoms with van der Waals surface area (Å²) >= 11 is 0. The molecule has 1 atom stereocenters. The molecule has 1 N–H and O–H groups in total. The Bertz CT molecular complexity index is 1130. The summed E-state index contributed by atoms with van der Waals surface area (Å²) in [7, 11) is -3.53. The summed E-state index contributed by atoms with van der Waals surface area (Å²) in [5.41, 5.74) is -0.774. The number of amidine groups is 1. The molecule has 13 heteroatoms. The molecule has 0 fully saturated rings. The van der Waals surface area contributed by atoms with Crippen LogP contribution in [0.4, 0.5) is 15.8 Å². The highest BCUT2D eigenvalue weighted by atomic mass is 32.2. The molecule has 11 nitrogen and oxygen atoms in total. The predicted octanol–water partition coefficient (Wildman–Crippen LogP) is 1.10. The Hall–Kier alpha value is -3.61. The lowest BCUT2D eigenvalue weighted by atomic mass is 10.2. The van der Waals surface area contributed by atoms with Crippen molar-refractivity contribution in [2.45, 2.75) is 13.0 Å². The largest absolute Gasteiger partial charge is 0.449 e. The van der Waals surface area contributed by atoms with Crippen molar-refractivity contribution in [3.63, 3.8) is 0 Å². The SMILES string of the molecule is CC(OC(=O)C1=CN2CCS(=O)(=O)N=C2C=C1)C(=O)Nc1ccc(F)c([N+](=O)[O-])c1. The van der Waals surface area contributed by atoms with Gasteiger partial charge >= 0.3 is 11.7 Å². The van der Waals surface area contributed by atoms with Gasteiger partial charge in [0.15, 0.2) is 6.10 Å². The monoisotopic (exact) mass is 438 g/mol. The third-order valence-electron chi connectivity index (χ3n) is 4.12. The molecular weight excluding hydrogens is 423 g/mol. The number of anilines is 1. The van der Waals surface area contributed by atoms with Gasteiger partial charge in [-0.1, -0.05) is 0 Å². The van der Waals surface area contributed by atoms with E-state index in [2.05, 4.69) is 9.71 Å². The maximum atomic E-state index is 13.4. The van der Waals surface area contributed by atoms with Crippen LogP contribution >= 0.6 is 0 Å². The molecule has 1 aromatic carbocycles. The van der Waals surface area contributed by atoms with E-state index in [4.69, 9.17) is 4.74 Å². The second-order valence-corrected chi connectivity index (χ2v) is 8.06. The van der Waals surface area contributed by atoms with Crippen LogP contribution in [0.5, 0.6) is 0 Å². The van der Waals surface area contributed by atoms with Crippen LogP contribution in [-0.4, -0.2) is 54.4 Å². The molecule has 1 aromatic rings. The standard InChI is InChI=1S/C17H15FN4O7S/c1-10(16(23)19-12-3-4-13(18)14(8-12)22(25)26)29-17(24)11-2-5-15-20-30(27,28)7-6-21(15)9-11/h2-5,8-10H,6-7H2,1H3,(H,19,23). The Morgan fingerprint density at radius 3 is 2.80 bits per heavy atom. The molecule has 0 saturated heterocycles. The van der Waals surface area contributed by atoms with Crippen molar-refractivity contribution in [3.8, 4) is 0 Å². The number of esters is 1. The Kier molecular flexibility index (Phi) is 5.64. The van der Waals surface area contributed by atoms with Crippen LogP contribution < -0.4 is 5.32 Å². The number of ether oxygens (including phenoxy) is 1. The van der Waals surface area contributed by atoms with Gasteiger partial charge in [-0.15, -0.1) is 4.40 Å². The number of nitro benzene ring substituents is 1. The van der Waals surface area contributed by atoms with Gasteiger partial charge in [0.05, 0.1) is 16.2 Å². The molecule has 2 heterocycles. The summed E-state index contributed by atoms with van der Waals surface area (Å²) in [6, 6.07) is 2.81. The van der Waals surface area contributed by atoms with Gasteiger partial charge in [0, 0.05) is 24.5 Å². The number of hydrogen-bond acceptors (Lipinski definition) is 8. The predicted molar refractivity (Wildman–Crippen MR) is 102 cm³/mol. The molecular formula is C17H15FN4O7S. The fraction of sp³-hybridized carbons (Fsp3) is 0.235. The van der Waals surface area contributed by atoms with E-state index in [9.17, 15) is 32.5 Å². The number of amides is 1. The Morgan fingerprint density at radius 2 is 2.10 bits per heavy atom. The number of halogens is 1. The van der Waals surface area contributed by atoms with E-state index in [0.29, 0.717) is 0 Å². The summed E-state index contributed by atoms with van der Waals surface area (Å²) < 4.78 is 45.1. The summed E-state index contributed by atoms with van der Waals surface area (Å²) in [4.78, 5) is 35.8. The van der Waals surface area contributed by atoms with Crippen molar-refractivity contribution in [2.24, 2.45) is 4.40 Å².